The molecule has 1 atom stereocenters. The normalized spacial score (nSPS) is 13.0. The topological polar surface area (TPSA) is 53.0 Å². The first-order valence-corrected chi connectivity index (χ1v) is 5.27. The Hall–Kier alpha value is -0.970. The van der Waals surface area contributed by atoms with Gasteiger partial charge in [0, 0.05) is 16.5 Å². The van der Waals surface area contributed by atoms with Crippen molar-refractivity contribution in [3.8, 4) is 0 Å². The van der Waals surface area contributed by atoms with Crippen LogP contribution in [0, 0.1) is 0 Å². The number of halogens is 1. The molecule has 0 radical (unpaired) electrons. The van der Waals surface area contributed by atoms with Crippen molar-refractivity contribution in [3.63, 3.8) is 0 Å². The molecule has 2 rings (SSSR count). The number of fused-ring (bicyclic) bond motifs is 1. The molecule has 0 fully saturated rings. The maximum absolute atomic E-state index is 10.7. The van der Waals surface area contributed by atoms with Gasteiger partial charge in [0.1, 0.15) is 0 Å². The second-order valence-corrected chi connectivity index (χ2v) is 4.05. The Labute approximate surface area is 88.0 Å². The SMILES string of the molecule is O=S([O-])c1ccc2nccc(Cl)c2c1. The average Bonchev–Trinajstić information content (AvgIpc) is 2.18. The zero-order valence-electron chi connectivity index (χ0n) is 6.94. The van der Waals surface area contributed by atoms with Crippen molar-refractivity contribution in [2.75, 3.05) is 0 Å². The lowest BCUT2D eigenvalue weighted by atomic mass is 10.2. The van der Waals surface area contributed by atoms with Gasteiger partial charge in [0.2, 0.25) is 0 Å². The predicted octanol–water partition coefficient (Wildman–Crippen LogP) is 2.13. The zero-order valence-corrected chi connectivity index (χ0v) is 8.51. The smallest absolute Gasteiger partial charge is 0.0717 e. The Balaban J connectivity index is 2.76. The third kappa shape index (κ3) is 1.64. The first kappa shape index (κ1) is 9.58. The molecule has 0 aliphatic heterocycles. The second kappa shape index (κ2) is 3.65. The molecule has 3 nitrogen and oxygen atoms in total. The molecule has 0 saturated carbocycles. The van der Waals surface area contributed by atoms with Crippen LogP contribution in [0.2, 0.25) is 5.02 Å². The van der Waals surface area contributed by atoms with Crippen LogP contribution in [0.5, 0.6) is 0 Å². The first-order chi connectivity index (χ1) is 6.68. The van der Waals surface area contributed by atoms with Gasteiger partial charge < -0.3 is 4.55 Å². The van der Waals surface area contributed by atoms with Gasteiger partial charge in [0.25, 0.3) is 0 Å². The fourth-order valence-corrected chi connectivity index (χ4v) is 1.80. The van der Waals surface area contributed by atoms with E-state index in [2.05, 4.69) is 4.98 Å². The zero-order chi connectivity index (χ0) is 10.1. The minimum atomic E-state index is -2.23. The van der Waals surface area contributed by atoms with Gasteiger partial charge in [0.05, 0.1) is 10.5 Å². The molecule has 0 amide bonds. The molecule has 0 aliphatic carbocycles. The Kier molecular flexibility index (Phi) is 2.50. The van der Waals surface area contributed by atoms with E-state index in [9.17, 15) is 8.76 Å². The fourth-order valence-electron chi connectivity index (χ4n) is 1.20. The summed E-state index contributed by atoms with van der Waals surface area (Å²) in [5, 5.41) is 1.15. The molecule has 0 saturated heterocycles. The van der Waals surface area contributed by atoms with Crippen molar-refractivity contribution in [3.05, 3.63) is 35.5 Å². The van der Waals surface area contributed by atoms with Gasteiger partial charge >= 0.3 is 0 Å². The summed E-state index contributed by atoms with van der Waals surface area (Å²) >= 11 is 3.66. The maximum atomic E-state index is 10.7. The van der Waals surface area contributed by atoms with Gasteiger partial charge in [-0.15, -0.1) is 0 Å². The number of pyridine rings is 1. The molecular weight excluding hydrogens is 222 g/mol. The van der Waals surface area contributed by atoms with Crippen molar-refractivity contribution < 1.29 is 8.76 Å². The van der Waals surface area contributed by atoms with Crippen LogP contribution in [0.4, 0.5) is 0 Å². The maximum Gasteiger partial charge on any atom is 0.0717 e. The molecule has 1 heterocycles. The third-order valence-corrected chi connectivity index (χ3v) is 2.82. The van der Waals surface area contributed by atoms with E-state index in [-0.39, 0.29) is 4.90 Å². The number of benzene rings is 1. The van der Waals surface area contributed by atoms with E-state index in [0.29, 0.717) is 15.9 Å². The second-order valence-electron chi connectivity index (χ2n) is 2.71. The molecule has 0 N–H and O–H groups in total. The summed E-state index contributed by atoms with van der Waals surface area (Å²) in [7, 11) is 0. The highest BCUT2D eigenvalue weighted by molar-refractivity contribution is 7.79. The summed E-state index contributed by atoms with van der Waals surface area (Å²) in [5.74, 6) is 0. The van der Waals surface area contributed by atoms with E-state index in [1.165, 1.54) is 12.1 Å². The van der Waals surface area contributed by atoms with Gasteiger partial charge in [-0.25, -0.2) is 0 Å². The van der Waals surface area contributed by atoms with Crippen molar-refractivity contribution >= 4 is 33.6 Å². The van der Waals surface area contributed by atoms with Crippen LogP contribution in [-0.2, 0) is 11.1 Å². The highest BCUT2D eigenvalue weighted by atomic mass is 35.5. The largest absolute Gasteiger partial charge is 0.768 e. The van der Waals surface area contributed by atoms with Gasteiger partial charge in [-0.05, 0) is 35.3 Å². The van der Waals surface area contributed by atoms with E-state index in [4.69, 9.17) is 11.6 Å². The minimum absolute atomic E-state index is 0.215. The van der Waals surface area contributed by atoms with Crippen molar-refractivity contribution in [1.82, 2.24) is 4.98 Å². The Morgan fingerprint density at radius 1 is 1.36 bits per heavy atom. The number of rotatable bonds is 1. The summed E-state index contributed by atoms with van der Waals surface area (Å²) < 4.78 is 21.4. The Bertz CT molecular complexity index is 515. The highest BCUT2D eigenvalue weighted by Gasteiger charge is 2.01. The van der Waals surface area contributed by atoms with Gasteiger partial charge in [-0.2, -0.15) is 0 Å². The van der Waals surface area contributed by atoms with Crippen molar-refractivity contribution in [1.29, 1.82) is 0 Å². The Morgan fingerprint density at radius 2 is 2.14 bits per heavy atom. The fraction of sp³-hybridized carbons (Fsp3) is 0. The average molecular weight is 227 g/mol. The van der Waals surface area contributed by atoms with Gasteiger partial charge in [-0.1, -0.05) is 11.6 Å². The lowest BCUT2D eigenvalue weighted by Gasteiger charge is -2.06. The van der Waals surface area contributed by atoms with Gasteiger partial charge in [-0.3, -0.25) is 9.19 Å². The molecule has 0 bridgehead atoms. The molecule has 1 aromatic heterocycles. The molecule has 0 spiro atoms. The van der Waals surface area contributed by atoms with E-state index in [1.807, 2.05) is 0 Å². The molecule has 14 heavy (non-hydrogen) atoms. The number of aromatic nitrogens is 1. The Morgan fingerprint density at radius 3 is 2.86 bits per heavy atom. The highest BCUT2D eigenvalue weighted by Crippen LogP contribution is 2.23. The number of nitrogens with zero attached hydrogens (tertiary/aromatic N) is 1. The summed E-state index contributed by atoms with van der Waals surface area (Å²) in [5.41, 5.74) is 0.687. The van der Waals surface area contributed by atoms with Crippen LogP contribution < -0.4 is 0 Å². The van der Waals surface area contributed by atoms with Crippen LogP contribution in [0.15, 0.2) is 35.4 Å². The molecule has 2 aromatic rings. The molecule has 0 aliphatic rings. The molecule has 1 aromatic carbocycles. The summed E-state index contributed by atoms with van der Waals surface area (Å²) in [6.45, 7) is 0. The van der Waals surface area contributed by atoms with E-state index in [1.54, 1.807) is 18.3 Å². The molecule has 5 heteroatoms. The van der Waals surface area contributed by atoms with Crippen LogP contribution in [0.25, 0.3) is 10.9 Å². The summed E-state index contributed by atoms with van der Waals surface area (Å²) in [4.78, 5) is 4.27. The molecule has 72 valence electrons. The van der Waals surface area contributed by atoms with E-state index < -0.39 is 11.1 Å². The molecule has 1 unspecified atom stereocenters. The number of hydrogen-bond acceptors (Lipinski definition) is 3. The minimum Gasteiger partial charge on any atom is -0.768 e. The van der Waals surface area contributed by atoms with E-state index >= 15 is 0 Å². The third-order valence-electron chi connectivity index (χ3n) is 1.85. The first-order valence-electron chi connectivity index (χ1n) is 3.82. The predicted molar refractivity (Wildman–Crippen MR) is 53.9 cm³/mol. The quantitative estimate of drug-likeness (QED) is 0.700. The monoisotopic (exact) mass is 226 g/mol. The molecular formula is C9H5ClNO2S-. The number of hydrogen-bond donors (Lipinski definition) is 0. The standard InChI is InChI=1S/C9H6ClNO2S/c10-8-3-4-11-9-2-1-6(14(12)13)5-7(8)9/h1-5H,(H,12,13)/p-1. The van der Waals surface area contributed by atoms with Crippen LogP contribution in [0.1, 0.15) is 0 Å². The van der Waals surface area contributed by atoms with Crippen LogP contribution in [0.3, 0.4) is 0 Å². The van der Waals surface area contributed by atoms with Gasteiger partial charge in [0.15, 0.2) is 0 Å². The van der Waals surface area contributed by atoms with Crippen LogP contribution >= 0.6 is 11.6 Å². The lowest BCUT2D eigenvalue weighted by molar-refractivity contribution is 0.537. The van der Waals surface area contributed by atoms with Crippen LogP contribution in [-0.4, -0.2) is 13.7 Å². The summed E-state index contributed by atoms with van der Waals surface area (Å²) in [6, 6.07) is 6.26. The van der Waals surface area contributed by atoms with Crippen molar-refractivity contribution in [2.24, 2.45) is 0 Å². The summed E-state index contributed by atoms with van der Waals surface area (Å²) in [6.07, 6.45) is 1.58. The van der Waals surface area contributed by atoms with E-state index in [0.717, 1.165) is 0 Å². The van der Waals surface area contributed by atoms with Crippen molar-refractivity contribution in [2.45, 2.75) is 4.90 Å². The lowest BCUT2D eigenvalue weighted by Crippen LogP contribution is -1.89.